The molecule has 1 aromatic carbocycles. The van der Waals surface area contributed by atoms with E-state index in [1.807, 2.05) is 12.1 Å². The Balaban J connectivity index is 2.20. The molecule has 0 aliphatic heterocycles. The summed E-state index contributed by atoms with van der Waals surface area (Å²) < 4.78 is 5.09. The van der Waals surface area contributed by atoms with Gasteiger partial charge in [-0.15, -0.1) is 0 Å². The van der Waals surface area contributed by atoms with Crippen LogP contribution in [0.1, 0.15) is 23.0 Å². The Hall–Kier alpha value is -2.02. The van der Waals surface area contributed by atoms with E-state index < -0.39 is 5.91 Å². The van der Waals surface area contributed by atoms with Crippen LogP contribution in [0.3, 0.4) is 0 Å². The Morgan fingerprint density at radius 2 is 1.83 bits per heavy atom. The Kier molecular flexibility index (Phi) is 5.88. The number of nitrogens with one attached hydrogen (secondary N) is 2. The van der Waals surface area contributed by atoms with E-state index in [9.17, 15) is 4.79 Å². The number of amides is 1. The third-order valence-corrected chi connectivity index (χ3v) is 4.35. The van der Waals surface area contributed by atoms with Crippen molar-refractivity contribution in [3.05, 3.63) is 50.7 Å². The summed E-state index contributed by atoms with van der Waals surface area (Å²) in [4.78, 5) is 14.8. The molecular formula is C15H14Cl3N4O2+. The van der Waals surface area contributed by atoms with Crippen LogP contribution in [0.4, 0.5) is 5.69 Å². The number of methoxy groups -OCH3 is 1. The van der Waals surface area contributed by atoms with Crippen molar-refractivity contribution in [2.45, 2.75) is 6.92 Å². The van der Waals surface area contributed by atoms with Gasteiger partial charge in [0.25, 0.3) is 10.8 Å². The molecule has 0 spiro atoms. The van der Waals surface area contributed by atoms with Crippen LogP contribution in [0.25, 0.3) is 0 Å². The fraction of sp³-hybridized carbons (Fsp3) is 0.133. The summed E-state index contributed by atoms with van der Waals surface area (Å²) in [5.74, 6) is 0.126. The molecule has 126 valence electrons. The first-order valence-electron chi connectivity index (χ1n) is 6.69. The highest BCUT2D eigenvalue weighted by atomic mass is 35.5. The molecule has 0 fully saturated rings. The summed E-state index contributed by atoms with van der Waals surface area (Å²) in [7, 11) is 1.58. The molecule has 0 atom stereocenters. The second kappa shape index (κ2) is 7.70. The summed E-state index contributed by atoms with van der Waals surface area (Å²) in [6.07, 6.45) is 0. The van der Waals surface area contributed by atoms with Gasteiger partial charge in [-0.3, -0.25) is 4.79 Å². The summed E-state index contributed by atoms with van der Waals surface area (Å²) in [5, 5.41) is 4.07. The van der Waals surface area contributed by atoms with E-state index in [0.29, 0.717) is 5.71 Å². The normalized spacial score (nSPS) is 11.3. The van der Waals surface area contributed by atoms with Gasteiger partial charge in [0.2, 0.25) is 0 Å². The molecule has 0 radical (unpaired) electrons. The SMILES string of the molecule is COc1ccc(/C(C)=N\NC(=O)c2[nH+]c(Cl)c(Cl)c(N)c2Cl)cc1. The number of anilines is 1. The van der Waals surface area contributed by atoms with Crippen LogP contribution in [-0.2, 0) is 0 Å². The second-order valence-electron chi connectivity index (χ2n) is 4.72. The minimum Gasteiger partial charge on any atom is -0.497 e. The molecule has 0 saturated carbocycles. The topological polar surface area (TPSA) is 90.8 Å². The largest absolute Gasteiger partial charge is 0.497 e. The van der Waals surface area contributed by atoms with Gasteiger partial charge in [-0.05, 0) is 48.4 Å². The average Bonchev–Trinajstić information content (AvgIpc) is 2.60. The number of benzene rings is 1. The summed E-state index contributed by atoms with van der Waals surface area (Å²) >= 11 is 17.7. The van der Waals surface area contributed by atoms with Crippen LogP contribution in [0.15, 0.2) is 29.4 Å². The predicted octanol–water partition coefficient (Wildman–Crippen LogP) is 3.21. The number of nitrogen functional groups attached to an aromatic ring is 1. The standard InChI is InChI=1S/C15H13Cl3N4O2/c1-7(8-3-5-9(24-2)6-4-8)21-22-15(23)13-10(16)12(19)11(17)14(18)20-13/h3-6H,1-2H3,(H2,19,20)(H,22,23)/p+1/b21-7-. The first kappa shape index (κ1) is 18.3. The number of halogens is 3. The molecule has 6 nitrogen and oxygen atoms in total. The summed E-state index contributed by atoms with van der Waals surface area (Å²) in [6.45, 7) is 1.75. The van der Waals surface area contributed by atoms with Crippen LogP contribution in [0.2, 0.25) is 15.2 Å². The minimum atomic E-state index is -0.599. The zero-order chi connectivity index (χ0) is 17.9. The van der Waals surface area contributed by atoms with E-state index in [4.69, 9.17) is 45.3 Å². The molecule has 0 aliphatic rings. The van der Waals surface area contributed by atoms with Crippen LogP contribution in [0, 0.1) is 0 Å². The zero-order valence-electron chi connectivity index (χ0n) is 12.8. The van der Waals surface area contributed by atoms with E-state index in [-0.39, 0.29) is 26.6 Å². The smallest absolute Gasteiger partial charge is 0.337 e. The number of pyridine rings is 1. The Morgan fingerprint density at radius 1 is 1.21 bits per heavy atom. The second-order valence-corrected chi connectivity index (χ2v) is 5.86. The Labute approximate surface area is 153 Å². The van der Waals surface area contributed by atoms with Gasteiger partial charge in [-0.1, -0.05) is 23.2 Å². The minimum absolute atomic E-state index is 0.0135. The number of aromatic amines is 1. The molecule has 0 bridgehead atoms. The van der Waals surface area contributed by atoms with E-state index >= 15 is 0 Å². The molecule has 2 aromatic rings. The lowest BCUT2D eigenvalue weighted by atomic mass is 10.1. The number of carbonyl (C=O) groups excluding carboxylic acids is 1. The molecular weight excluding hydrogens is 375 g/mol. The number of rotatable bonds is 4. The number of hydrazone groups is 1. The summed E-state index contributed by atoms with van der Waals surface area (Å²) in [6, 6.07) is 7.22. The molecule has 24 heavy (non-hydrogen) atoms. The number of nitrogens with zero attached hydrogens (tertiary/aromatic N) is 1. The highest BCUT2D eigenvalue weighted by molar-refractivity contribution is 6.45. The lowest BCUT2D eigenvalue weighted by Gasteiger charge is -2.05. The molecule has 0 unspecified atom stereocenters. The number of nitrogens with two attached hydrogens (primary N) is 1. The molecule has 4 N–H and O–H groups in total. The maximum absolute atomic E-state index is 12.2. The average molecular weight is 389 g/mol. The van der Waals surface area contributed by atoms with Crippen molar-refractivity contribution in [3.63, 3.8) is 0 Å². The maximum atomic E-state index is 12.2. The lowest BCUT2D eigenvalue weighted by molar-refractivity contribution is -0.379. The van der Waals surface area contributed by atoms with Crippen molar-refractivity contribution in [2.24, 2.45) is 5.10 Å². The lowest BCUT2D eigenvalue weighted by Crippen LogP contribution is -2.29. The monoisotopic (exact) mass is 387 g/mol. The van der Waals surface area contributed by atoms with Gasteiger partial charge in [0.1, 0.15) is 15.8 Å². The molecule has 1 heterocycles. The number of hydrogen-bond donors (Lipinski definition) is 2. The fourth-order valence-electron chi connectivity index (χ4n) is 1.81. The van der Waals surface area contributed by atoms with E-state index in [1.165, 1.54) is 0 Å². The number of aromatic nitrogens is 1. The van der Waals surface area contributed by atoms with Crippen molar-refractivity contribution >= 4 is 52.1 Å². The van der Waals surface area contributed by atoms with Crippen molar-refractivity contribution in [1.82, 2.24) is 5.43 Å². The molecule has 0 saturated heterocycles. The van der Waals surface area contributed by atoms with E-state index in [1.54, 1.807) is 26.2 Å². The summed E-state index contributed by atoms with van der Waals surface area (Å²) in [5.41, 5.74) is 9.48. The third-order valence-electron chi connectivity index (χ3n) is 3.18. The molecule has 0 aliphatic carbocycles. The maximum Gasteiger partial charge on any atom is 0.337 e. The molecule has 9 heteroatoms. The van der Waals surface area contributed by atoms with Gasteiger partial charge in [0.15, 0.2) is 0 Å². The first-order valence-corrected chi connectivity index (χ1v) is 7.82. The fourth-order valence-corrected chi connectivity index (χ4v) is 2.43. The quantitative estimate of drug-likeness (QED) is 0.478. The molecule has 1 amide bonds. The van der Waals surface area contributed by atoms with E-state index in [0.717, 1.165) is 11.3 Å². The highest BCUT2D eigenvalue weighted by Gasteiger charge is 2.25. The number of hydrogen-bond acceptors (Lipinski definition) is 4. The Morgan fingerprint density at radius 3 is 2.42 bits per heavy atom. The van der Waals surface area contributed by atoms with Crippen molar-refractivity contribution in [3.8, 4) is 5.75 Å². The van der Waals surface area contributed by atoms with Crippen molar-refractivity contribution < 1.29 is 14.5 Å². The van der Waals surface area contributed by atoms with Gasteiger partial charge in [0.05, 0.1) is 18.5 Å². The predicted molar refractivity (Wildman–Crippen MR) is 95.1 cm³/mol. The zero-order valence-corrected chi connectivity index (χ0v) is 15.1. The van der Waals surface area contributed by atoms with Crippen molar-refractivity contribution in [2.75, 3.05) is 12.8 Å². The van der Waals surface area contributed by atoms with Gasteiger partial charge in [-0.2, -0.15) is 10.1 Å². The van der Waals surface area contributed by atoms with Gasteiger partial charge in [-0.25, -0.2) is 5.43 Å². The Bertz CT molecular complexity index is 807. The van der Waals surface area contributed by atoms with Gasteiger partial charge >= 0.3 is 5.91 Å². The van der Waals surface area contributed by atoms with Crippen LogP contribution < -0.4 is 20.9 Å². The number of carbonyl (C=O) groups is 1. The van der Waals surface area contributed by atoms with Crippen LogP contribution in [0.5, 0.6) is 5.75 Å². The highest BCUT2D eigenvalue weighted by Crippen LogP contribution is 2.31. The third kappa shape index (κ3) is 3.90. The first-order chi connectivity index (χ1) is 11.3. The van der Waals surface area contributed by atoms with Crippen LogP contribution in [-0.4, -0.2) is 18.7 Å². The van der Waals surface area contributed by atoms with E-state index in [2.05, 4.69) is 15.5 Å². The number of H-pyrrole nitrogens is 1. The molecule has 1 aromatic heterocycles. The van der Waals surface area contributed by atoms with Gasteiger partial charge < -0.3 is 10.5 Å². The molecule has 2 rings (SSSR count). The van der Waals surface area contributed by atoms with Gasteiger partial charge in [0, 0.05) is 0 Å². The van der Waals surface area contributed by atoms with Crippen molar-refractivity contribution in [1.29, 1.82) is 0 Å². The number of ether oxygens (including phenoxy) is 1. The van der Waals surface area contributed by atoms with Crippen LogP contribution >= 0.6 is 34.8 Å².